The van der Waals surface area contributed by atoms with Crippen molar-refractivity contribution in [3.63, 3.8) is 0 Å². The van der Waals surface area contributed by atoms with Gasteiger partial charge in [0.2, 0.25) is 0 Å². The van der Waals surface area contributed by atoms with Crippen molar-refractivity contribution in [3.05, 3.63) is 36.0 Å². The van der Waals surface area contributed by atoms with Crippen molar-refractivity contribution in [1.82, 2.24) is 9.58 Å². The van der Waals surface area contributed by atoms with Crippen LogP contribution in [0.15, 0.2) is 30.5 Å². The third-order valence-electron chi connectivity index (χ3n) is 3.93. The van der Waals surface area contributed by atoms with Gasteiger partial charge in [-0.25, -0.2) is 0 Å². The van der Waals surface area contributed by atoms with Gasteiger partial charge in [-0.3, -0.25) is 4.68 Å². The third-order valence-corrected chi connectivity index (χ3v) is 3.93. The number of para-hydroxylation sites is 1. The topological polar surface area (TPSA) is 34.2 Å². The van der Waals surface area contributed by atoms with E-state index in [1.54, 1.807) is 4.68 Å². The highest BCUT2D eigenvalue weighted by Crippen LogP contribution is 2.33. The number of aromatic nitrogens is 1. The number of nitrogens with zero attached hydrogens (tertiary/aromatic N) is 2. The normalized spacial score (nSPS) is 17.8. The van der Waals surface area contributed by atoms with Crippen LogP contribution in [0.3, 0.4) is 0 Å². The largest absolute Gasteiger partial charge is 0.339 e. The quantitative estimate of drug-likeness (QED) is 0.805. The molecule has 1 aliphatic rings. The van der Waals surface area contributed by atoms with Gasteiger partial charge in [0.15, 0.2) is 0 Å². The fourth-order valence-electron chi connectivity index (χ4n) is 2.88. The fourth-order valence-corrected chi connectivity index (χ4v) is 2.88. The zero-order valence-electron chi connectivity index (χ0n) is 10.7. The molecule has 0 atom stereocenters. The molecule has 2 N–H and O–H groups in total. The Bertz CT molecular complexity index is 527. The summed E-state index contributed by atoms with van der Waals surface area (Å²) in [7, 11) is 2.20. The van der Waals surface area contributed by atoms with Crippen molar-refractivity contribution >= 4 is 23.3 Å². The minimum absolute atomic E-state index is 0. The van der Waals surface area contributed by atoms with E-state index in [9.17, 15) is 0 Å². The smallest absolute Gasteiger partial charge is 0.0693 e. The Kier molecular flexibility index (Phi) is 3.83. The number of fused-ring (bicyclic) bond motifs is 1. The first-order valence-electron chi connectivity index (χ1n) is 6.29. The second kappa shape index (κ2) is 5.21. The number of hydrogen-bond acceptors (Lipinski definition) is 2. The standard InChI is InChI=1S/C14H19N3.ClH/c1-16-8-6-11(7-9-16)13-10-17(15)14-5-3-2-4-12(13)14;/h2-5,10-11H,6-9,15H2,1H3;1H. The lowest BCUT2D eigenvalue weighted by Crippen LogP contribution is -2.29. The summed E-state index contributed by atoms with van der Waals surface area (Å²) in [5.41, 5.74) is 2.57. The predicted octanol–water partition coefficient (Wildman–Crippen LogP) is 2.59. The van der Waals surface area contributed by atoms with Crippen LogP contribution in [0.1, 0.15) is 24.3 Å². The van der Waals surface area contributed by atoms with E-state index in [4.69, 9.17) is 5.84 Å². The fraction of sp³-hybridized carbons (Fsp3) is 0.429. The van der Waals surface area contributed by atoms with Gasteiger partial charge in [0, 0.05) is 11.6 Å². The Labute approximate surface area is 114 Å². The zero-order valence-corrected chi connectivity index (χ0v) is 11.5. The SMILES string of the molecule is CN1CCC(c2cn(N)c3ccccc23)CC1.Cl. The Morgan fingerprint density at radius 3 is 2.56 bits per heavy atom. The van der Waals surface area contributed by atoms with Crippen molar-refractivity contribution in [3.8, 4) is 0 Å². The van der Waals surface area contributed by atoms with Crippen LogP contribution in [0.2, 0.25) is 0 Å². The molecule has 2 aromatic rings. The minimum atomic E-state index is 0. The molecule has 1 aliphatic heterocycles. The van der Waals surface area contributed by atoms with Crippen molar-refractivity contribution in [2.24, 2.45) is 0 Å². The van der Waals surface area contributed by atoms with Gasteiger partial charge < -0.3 is 10.7 Å². The Hall–Kier alpha value is -1.19. The second-order valence-corrected chi connectivity index (χ2v) is 5.09. The lowest BCUT2D eigenvalue weighted by Gasteiger charge is -2.28. The van der Waals surface area contributed by atoms with E-state index in [2.05, 4.69) is 36.3 Å². The first-order valence-corrected chi connectivity index (χ1v) is 6.29. The molecule has 0 unspecified atom stereocenters. The van der Waals surface area contributed by atoms with Gasteiger partial charge in [-0.1, -0.05) is 18.2 Å². The van der Waals surface area contributed by atoms with E-state index >= 15 is 0 Å². The van der Waals surface area contributed by atoms with Crippen LogP contribution < -0.4 is 5.84 Å². The van der Waals surface area contributed by atoms with Crippen molar-refractivity contribution in [2.75, 3.05) is 26.0 Å². The average molecular weight is 266 g/mol. The van der Waals surface area contributed by atoms with Crippen LogP contribution in [-0.2, 0) is 0 Å². The summed E-state index contributed by atoms with van der Waals surface area (Å²) in [4.78, 5) is 2.40. The molecule has 4 heteroatoms. The van der Waals surface area contributed by atoms with E-state index in [-0.39, 0.29) is 12.4 Å². The van der Waals surface area contributed by atoms with Gasteiger partial charge in [0.25, 0.3) is 0 Å². The molecule has 1 fully saturated rings. The van der Waals surface area contributed by atoms with Gasteiger partial charge in [0.05, 0.1) is 5.52 Å². The number of piperidine rings is 1. The number of hydrogen-bond donors (Lipinski definition) is 1. The van der Waals surface area contributed by atoms with E-state index in [0.717, 1.165) is 5.52 Å². The number of likely N-dealkylation sites (tertiary alicyclic amines) is 1. The van der Waals surface area contributed by atoms with Crippen molar-refractivity contribution < 1.29 is 0 Å². The van der Waals surface area contributed by atoms with Crippen LogP contribution in [-0.4, -0.2) is 29.7 Å². The molecule has 0 radical (unpaired) electrons. The van der Waals surface area contributed by atoms with Crippen LogP contribution in [0.25, 0.3) is 10.9 Å². The summed E-state index contributed by atoms with van der Waals surface area (Å²) in [5.74, 6) is 6.68. The number of benzene rings is 1. The molecule has 0 saturated carbocycles. The molecule has 0 amide bonds. The summed E-state index contributed by atoms with van der Waals surface area (Å²) in [5, 5.41) is 1.32. The monoisotopic (exact) mass is 265 g/mol. The molecular formula is C14H20ClN3. The van der Waals surface area contributed by atoms with Gasteiger partial charge in [-0.05, 0) is 50.5 Å². The molecule has 98 valence electrons. The Morgan fingerprint density at radius 1 is 1.17 bits per heavy atom. The summed E-state index contributed by atoms with van der Waals surface area (Å²) in [6.45, 7) is 2.38. The van der Waals surface area contributed by atoms with Crippen LogP contribution >= 0.6 is 12.4 Å². The maximum atomic E-state index is 6.02. The van der Waals surface area contributed by atoms with Crippen molar-refractivity contribution in [2.45, 2.75) is 18.8 Å². The molecule has 0 aliphatic carbocycles. The zero-order chi connectivity index (χ0) is 11.8. The first kappa shape index (κ1) is 13.2. The second-order valence-electron chi connectivity index (χ2n) is 5.09. The highest BCUT2D eigenvalue weighted by Gasteiger charge is 2.21. The van der Waals surface area contributed by atoms with Gasteiger partial charge in [0.1, 0.15) is 0 Å². The summed E-state index contributed by atoms with van der Waals surface area (Å²) >= 11 is 0. The van der Waals surface area contributed by atoms with Gasteiger partial charge in [-0.15, -0.1) is 12.4 Å². The minimum Gasteiger partial charge on any atom is -0.339 e. The average Bonchev–Trinajstić information content (AvgIpc) is 2.69. The molecular weight excluding hydrogens is 246 g/mol. The first-order chi connectivity index (χ1) is 8.25. The Balaban J connectivity index is 0.00000120. The molecule has 3 rings (SSSR count). The van der Waals surface area contributed by atoms with Crippen LogP contribution in [0, 0.1) is 0 Å². The summed E-state index contributed by atoms with van der Waals surface area (Å²) < 4.78 is 1.77. The molecule has 0 bridgehead atoms. The number of halogens is 1. The molecule has 0 spiro atoms. The molecule has 2 heterocycles. The van der Waals surface area contributed by atoms with Crippen LogP contribution in [0.4, 0.5) is 0 Å². The maximum Gasteiger partial charge on any atom is 0.0693 e. The molecule has 18 heavy (non-hydrogen) atoms. The predicted molar refractivity (Wildman–Crippen MR) is 78.8 cm³/mol. The highest BCUT2D eigenvalue weighted by molar-refractivity contribution is 5.85. The summed E-state index contributed by atoms with van der Waals surface area (Å²) in [6, 6.07) is 8.42. The van der Waals surface area contributed by atoms with E-state index in [0.29, 0.717) is 5.92 Å². The lowest BCUT2D eigenvalue weighted by atomic mass is 9.89. The molecule has 3 nitrogen and oxygen atoms in total. The molecule has 1 aromatic carbocycles. The van der Waals surface area contributed by atoms with Crippen molar-refractivity contribution in [1.29, 1.82) is 0 Å². The number of nitrogen functional groups attached to an aromatic ring is 1. The van der Waals surface area contributed by atoms with E-state index in [1.165, 1.54) is 36.9 Å². The van der Waals surface area contributed by atoms with E-state index in [1.807, 2.05) is 6.07 Å². The maximum absolute atomic E-state index is 6.02. The summed E-state index contributed by atoms with van der Waals surface area (Å²) in [6.07, 6.45) is 4.59. The molecule has 1 saturated heterocycles. The van der Waals surface area contributed by atoms with Crippen LogP contribution in [0.5, 0.6) is 0 Å². The Morgan fingerprint density at radius 2 is 1.83 bits per heavy atom. The number of nitrogens with two attached hydrogens (primary N) is 1. The van der Waals surface area contributed by atoms with Gasteiger partial charge in [-0.2, -0.15) is 0 Å². The highest BCUT2D eigenvalue weighted by atomic mass is 35.5. The molecule has 1 aromatic heterocycles. The third kappa shape index (κ3) is 2.20. The lowest BCUT2D eigenvalue weighted by molar-refractivity contribution is 0.256. The van der Waals surface area contributed by atoms with E-state index < -0.39 is 0 Å². The number of rotatable bonds is 1. The van der Waals surface area contributed by atoms with Gasteiger partial charge >= 0.3 is 0 Å².